The van der Waals surface area contributed by atoms with E-state index in [1.807, 2.05) is 0 Å². The molecule has 3 heteroatoms. The van der Waals surface area contributed by atoms with Crippen LogP contribution in [-0.4, -0.2) is 60.3 Å². The molecule has 3 nitrogen and oxygen atoms in total. The van der Waals surface area contributed by atoms with Crippen LogP contribution in [0, 0.1) is 0 Å². The Morgan fingerprint density at radius 2 is 1.88 bits per heavy atom. The monoisotopic (exact) mass is 226 g/mol. The Bertz CT molecular complexity index is 210. The van der Waals surface area contributed by atoms with E-state index in [1.54, 1.807) is 0 Å². The van der Waals surface area contributed by atoms with E-state index in [0.29, 0.717) is 6.61 Å². The molecule has 1 N–H and O–H groups in total. The molecule has 0 amide bonds. The zero-order valence-electron chi connectivity index (χ0n) is 10.6. The van der Waals surface area contributed by atoms with Crippen molar-refractivity contribution in [1.82, 2.24) is 9.80 Å². The summed E-state index contributed by atoms with van der Waals surface area (Å²) in [5.41, 5.74) is 0. The summed E-state index contributed by atoms with van der Waals surface area (Å²) in [5.74, 6) is 0. The van der Waals surface area contributed by atoms with Gasteiger partial charge >= 0.3 is 0 Å². The summed E-state index contributed by atoms with van der Waals surface area (Å²) in [7, 11) is 2.30. The molecule has 0 aromatic rings. The minimum Gasteiger partial charge on any atom is -0.396 e. The second-order valence-electron chi connectivity index (χ2n) is 5.42. The van der Waals surface area contributed by atoms with Crippen molar-refractivity contribution in [3.63, 3.8) is 0 Å². The molecule has 2 aliphatic rings. The largest absolute Gasteiger partial charge is 0.396 e. The number of likely N-dealkylation sites (tertiary alicyclic amines) is 1. The van der Waals surface area contributed by atoms with Crippen LogP contribution in [0.4, 0.5) is 0 Å². The molecule has 0 saturated carbocycles. The summed E-state index contributed by atoms with van der Waals surface area (Å²) in [4.78, 5) is 5.24. The van der Waals surface area contributed by atoms with E-state index in [1.165, 1.54) is 51.7 Å². The van der Waals surface area contributed by atoms with Crippen LogP contribution >= 0.6 is 0 Å². The van der Waals surface area contributed by atoms with Gasteiger partial charge in [0.15, 0.2) is 0 Å². The standard InChI is InChI=1S/C13H26N2O/c1-14-12-5-6-13(14)11-15(9-7-12)8-3-2-4-10-16/h12-13,16H,2-11H2,1H3. The maximum absolute atomic E-state index is 8.75. The highest BCUT2D eigenvalue weighted by molar-refractivity contribution is 4.90. The number of aliphatic hydroxyl groups excluding tert-OH is 1. The Balaban J connectivity index is 1.71. The first-order valence-corrected chi connectivity index (χ1v) is 6.86. The van der Waals surface area contributed by atoms with Crippen LogP contribution in [0.5, 0.6) is 0 Å². The van der Waals surface area contributed by atoms with Gasteiger partial charge in [0.2, 0.25) is 0 Å². The molecule has 2 unspecified atom stereocenters. The molecular formula is C13H26N2O. The number of aliphatic hydroxyl groups is 1. The summed E-state index contributed by atoms with van der Waals surface area (Å²) >= 11 is 0. The first-order valence-electron chi connectivity index (χ1n) is 6.86. The minimum absolute atomic E-state index is 0.355. The van der Waals surface area contributed by atoms with Gasteiger partial charge < -0.3 is 10.0 Å². The van der Waals surface area contributed by atoms with E-state index in [0.717, 1.165) is 18.5 Å². The maximum atomic E-state index is 8.75. The van der Waals surface area contributed by atoms with Crippen LogP contribution < -0.4 is 0 Å². The van der Waals surface area contributed by atoms with Gasteiger partial charge in [0.1, 0.15) is 0 Å². The number of rotatable bonds is 5. The van der Waals surface area contributed by atoms with Crippen LogP contribution in [0.2, 0.25) is 0 Å². The Morgan fingerprint density at radius 3 is 2.69 bits per heavy atom. The SMILES string of the molecule is CN1C2CCC1CN(CCCCCO)CC2. The van der Waals surface area contributed by atoms with Gasteiger partial charge in [0.25, 0.3) is 0 Å². The second kappa shape index (κ2) is 5.99. The van der Waals surface area contributed by atoms with E-state index in [-0.39, 0.29) is 0 Å². The normalized spacial score (nSPS) is 31.9. The molecule has 2 bridgehead atoms. The molecule has 16 heavy (non-hydrogen) atoms. The van der Waals surface area contributed by atoms with E-state index >= 15 is 0 Å². The molecule has 0 aromatic heterocycles. The summed E-state index contributed by atoms with van der Waals surface area (Å²) in [6.45, 7) is 4.14. The van der Waals surface area contributed by atoms with Gasteiger partial charge in [-0.3, -0.25) is 4.90 Å². The van der Waals surface area contributed by atoms with E-state index < -0.39 is 0 Å². The molecule has 94 valence electrons. The fraction of sp³-hybridized carbons (Fsp3) is 1.00. The molecule has 0 aliphatic carbocycles. The molecule has 2 heterocycles. The number of fused-ring (bicyclic) bond motifs is 2. The summed E-state index contributed by atoms with van der Waals surface area (Å²) in [6, 6.07) is 1.66. The minimum atomic E-state index is 0.355. The average molecular weight is 226 g/mol. The zero-order chi connectivity index (χ0) is 11.4. The van der Waals surface area contributed by atoms with Gasteiger partial charge in [0.05, 0.1) is 0 Å². The van der Waals surface area contributed by atoms with Crippen molar-refractivity contribution in [3.8, 4) is 0 Å². The van der Waals surface area contributed by atoms with Gasteiger partial charge in [-0.1, -0.05) is 0 Å². The maximum Gasteiger partial charge on any atom is 0.0431 e. The molecule has 2 atom stereocenters. The van der Waals surface area contributed by atoms with Crippen LogP contribution in [-0.2, 0) is 0 Å². The lowest BCUT2D eigenvalue weighted by atomic mass is 10.1. The van der Waals surface area contributed by atoms with Gasteiger partial charge in [-0.05, 0) is 58.7 Å². The topological polar surface area (TPSA) is 26.7 Å². The molecule has 0 aromatic carbocycles. The Labute approximate surface area is 99.4 Å². The first-order chi connectivity index (χ1) is 7.81. The number of hydrogen-bond donors (Lipinski definition) is 1. The zero-order valence-corrected chi connectivity index (χ0v) is 10.6. The Hall–Kier alpha value is -0.120. The molecule has 2 rings (SSSR count). The van der Waals surface area contributed by atoms with E-state index in [2.05, 4.69) is 16.8 Å². The lowest BCUT2D eigenvalue weighted by molar-refractivity contribution is 0.214. The molecule has 0 radical (unpaired) electrons. The number of nitrogens with zero attached hydrogens (tertiary/aromatic N) is 2. The highest BCUT2D eigenvalue weighted by Gasteiger charge is 2.34. The second-order valence-corrected chi connectivity index (χ2v) is 5.42. The van der Waals surface area contributed by atoms with Crippen molar-refractivity contribution < 1.29 is 5.11 Å². The van der Waals surface area contributed by atoms with E-state index in [9.17, 15) is 0 Å². The van der Waals surface area contributed by atoms with Crippen molar-refractivity contribution in [2.24, 2.45) is 0 Å². The van der Waals surface area contributed by atoms with Gasteiger partial charge in [0, 0.05) is 25.2 Å². The smallest absolute Gasteiger partial charge is 0.0431 e. The fourth-order valence-corrected chi connectivity index (χ4v) is 3.21. The number of unbranched alkanes of at least 4 members (excludes halogenated alkanes) is 2. The average Bonchev–Trinajstić information content (AvgIpc) is 2.51. The predicted molar refractivity (Wildman–Crippen MR) is 66.6 cm³/mol. The Morgan fingerprint density at radius 1 is 1.06 bits per heavy atom. The van der Waals surface area contributed by atoms with Crippen molar-refractivity contribution in [2.75, 3.05) is 33.3 Å². The van der Waals surface area contributed by atoms with Crippen molar-refractivity contribution in [3.05, 3.63) is 0 Å². The number of likely N-dealkylation sites (N-methyl/N-ethyl adjacent to an activating group) is 1. The van der Waals surface area contributed by atoms with Crippen LogP contribution in [0.25, 0.3) is 0 Å². The van der Waals surface area contributed by atoms with E-state index in [4.69, 9.17) is 5.11 Å². The molecule has 2 fully saturated rings. The summed E-state index contributed by atoms with van der Waals surface area (Å²) < 4.78 is 0. The molecule has 2 saturated heterocycles. The molecule has 0 spiro atoms. The van der Waals surface area contributed by atoms with Gasteiger partial charge in [-0.2, -0.15) is 0 Å². The lowest BCUT2D eigenvalue weighted by Crippen LogP contribution is -2.37. The fourth-order valence-electron chi connectivity index (χ4n) is 3.21. The molecule has 2 aliphatic heterocycles. The predicted octanol–water partition coefficient (Wildman–Crippen LogP) is 1.32. The third-order valence-electron chi connectivity index (χ3n) is 4.37. The first kappa shape index (κ1) is 12.3. The van der Waals surface area contributed by atoms with Crippen molar-refractivity contribution in [2.45, 2.75) is 50.6 Å². The number of hydrogen-bond acceptors (Lipinski definition) is 3. The van der Waals surface area contributed by atoms with Crippen LogP contribution in [0.1, 0.15) is 38.5 Å². The van der Waals surface area contributed by atoms with Crippen molar-refractivity contribution >= 4 is 0 Å². The highest BCUT2D eigenvalue weighted by atomic mass is 16.2. The molecular weight excluding hydrogens is 200 g/mol. The quantitative estimate of drug-likeness (QED) is 0.716. The highest BCUT2D eigenvalue weighted by Crippen LogP contribution is 2.28. The van der Waals surface area contributed by atoms with Crippen LogP contribution in [0.3, 0.4) is 0 Å². The Kier molecular flexibility index (Phi) is 4.62. The third-order valence-corrected chi connectivity index (χ3v) is 4.37. The van der Waals surface area contributed by atoms with Crippen LogP contribution in [0.15, 0.2) is 0 Å². The van der Waals surface area contributed by atoms with Gasteiger partial charge in [-0.25, -0.2) is 0 Å². The van der Waals surface area contributed by atoms with Crippen molar-refractivity contribution in [1.29, 1.82) is 0 Å². The summed E-state index contributed by atoms with van der Waals surface area (Å²) in [6.07, 6.45) is 7.57. The lowest BCUT2D eigenvalue weighted by Gasteiger charge is -2.25. The van der Waals surface area contributed by atoms with Gasteiger partial charge in [-0.15, -0.1) is 0 Å². The third kappa shape index (κ3) is 2.96. The summed E-state index contributed by atoms with van der Waals surface area (Å²) in [5, 5.41) is 8.75.